The molecule has 0 aromatic heterocycles. The molecule has 0 bridgehead atoms. The van der Waals surface area contributed by atoms with Crippen LogP contribution in [0.5, 0.6) is 11.5 Å². The van der Waals surface area contributed by atoms with E-state index in [1.165, 1.54) is 0 Å². The van der Waals surface area contributed by atoms with Crippen molar-refractivity contribution >= 4 is 11.9 Å². The molecule has 22 heavy (non-hydrogen) atoms. The Morgan fingerprint density at radius 2 is 1.41 bits per heavy atom. The van der Waals surface area contributed by atoms with Gasteiger partial charge in [0, 0.05) is 6.42 Å². The van der Waals surface area contributed by atoms with E-state index in [4.69, 9.17) is 14.9 Å². The molecule has 0 saturated carbocycles. The predicted molar refractivity (Wildman–Crippen MR) is 88.8 cm³/mol. The van der Waals surface area contributed by atoms with Gasteiger partial charge in [-0.1, -0.05) is 50.2 Å². The summed E-state index contributed by atoms with van der Waals surface area (Å²) in [5, 5.41) is 7.88. The van der Waals surface area contributed by atoms with E-state index in [-0.39, 0.29) is 6.02 Å². The molecule has 114 valence electrons. The lowest BCUT2D eigenvalue weighted by atomic mass is 10.1. The molecule has 4 heteroatoms. The van der Waals surface area contributed by atoms with Crippen LogP contribution < -0.4 is 9.47 Å². The number of amidine groups is 1. The lowest BCUT2D eigenvalue weighted by molar-refractivity contribution is 0.496. The summed E-state index contributed by atoms with van der Waals surface area (Å²) in [6.07, 6.45) is 0.634. The van der Waals surface area contributed by atoms with Gasteiger partial charge >= 0.3 is 6.02 Å². The van der Waals surface area contributed by atoms with Crippen LogP contribution >= 0.6 is 0 Å². The Hall–Kier alpha value is -2.62. The molecule has 0 aliphatic heterocycles. The van der Waals surface area contributed by atoms with Crippen LogP contribution in [-0.4, -0.2) is 11.9 Å². The summed E-state index contributed by atoms with van der Waals surface area (Å²) >= 11 is 0. The number of nitrogens with zero attached hydrogens (tertiary/aromatic N) is 1. The van der Waals surface area contributed by atoms with Gasteiger partial charge in [0.05, 0.1) is 0 Å². The maximum atomic E-state index is 7.88. The number of ether oxygens (including phenoxy) is 2. The predicted octanol–water partition coefficient (Wildman–Crippen LogP) is 4.52. The fourth-order valence-corrected chi connectivity index (χ4v) is 1.82. The molecule has 0 unspecified atom stereocenters. The smallest absolute Gasteiger partial charge is 0.317 e. The van der Waals surface area contributed by atoms with Crippen molar-refractivity contribution in [1.29, 1.82) is 5.41 Å². The average molecular weight is 296 g/mol. The maximum absolute atomic E-state index is 7.88. The molecule has 0 aliphatic rings. The molecule has 0 amide bonds. The number of nitrogens with one attached hydrogen (secondary N) is 1. The van der Waals surface area contributed by atoms with E-state index in [1.54, 1.807) is 12.1 Å². The van der Waals surface area contributed by atoms with E-state index < -0.39 is 0 Å². The van der Waals surface area contributed by atoms with E-state index in [0.717, 1.165) is 0 Å². The minimum atomic E-state index is -0.183. The highest BCUT2D eigenvalue weighted by molar-refractivity contribution is 5.91. The molecule has 0 fully saturated rings. The van der Waals surface area contributed by atoms with Gasteiger partial charge in [-0.3, -0.25) is 0 Å². The van der Waals surface area contributed by atoms with Crippen molar-refractivity contribution in [1.82, 2.24) is 0 Å². The van der Waals surface area contributed by atoms with Gasteiger partial charge in [-0.15, -0.1) is 0 Å². The van der Waals surface area contributed by atoms with Crippen LogP contribution in [-0.2, 0) is 0 Å². The highest BCUT2D eigenvalue weighted by Gasteiger charge is 2.09. The van der Waals surface area contributed by atoms with Crippen LogP contribution in [0.2, 0.25) is 0 Å². The highest BCUT2D eigenvalue weighted by atomic mass is 16.5. The molecule has 4 nitrogen and oxygen atoms in total. The fourth-order valence-electron chi connectivity index (χ4n) is 1.82. The molecule has 0 radical (unpaired) electrons. The van der Waals surface area contributed by atoms with Crippen molar-refractivity contribution < 1.29 is 9.47 Å². The van der Waals surface area contributed by atoms with E-state index in [2.05, 4.69) is 18.8 Å². The van der Waals surface area contributed by atoms with Gasteiger partial charge in [-0.2, -0.15) is 4.99 Å². The van der Waals surface area contributed by atoms with Crippen LogP contribution in [0.1, 0.15) is 20.3 Å². The Balaban J connectivity index is 2.08. The van der Waals surface area contributed by atoms with Gasteiger partial charge in [0.15, 0.2) is 5.90 Å². The minimum absolute atomic E-state index is 0.183. The van der Waals surface area contributed by atoms with Crippen LogP contribution in [0.15, 0.2) is 65.7 Å². The lowest BCUT2D eigenvalue weighted by Gasteiger charge is -2.11. The number of rotatable bonds is 4. The molecule has 0 atom stereocenters. The Morgan fingerprint density at radius 3 is 1.91 bits per heavy atom. The van der Waals surface area contributed by atoms with Gasteiger partial charge in [-0.05, 0) is 30.2 Å². The zero-order chi connectivity index (χ0) is 15.8. The van der Waals surface area contributed by atoms with Crippen molar-refractivity contribution in [2.24, 2.45) is 10.9 Å². The number of aliphatic imine (C=N–C) groups is 1. The van der Waals surface area contributed by atoms with Crippen LogP contribution in [0.4, 0.5) is 0 Å². The first-order valence-electron chi connectivity index (χ1n) is 7.25. The summed E-state index contributed by atoms with van der Waals surface area (Å²) in [7, 11) is 0. The Morgan fingerprint density at radius 1 is 0.909 bits per heavy atom. The minimum Gasteiger partial charge on any atom is -0.443 e. The van der Waals surface area contributed by atoms with Crippen molar-refractivity contribution in [3.63, 3.8) is 0 Å². The van der Waals surface area contributed by atoms with Crippen molar-refractivity contribution in [3.8, 4) is 11.5 Å². The number of hydrogen-bond acceptors (Lipinski definition) is 3. The van der Waals surface area contributed by atoms with Gasteiger partial charge in [0.25, 0.3) is 0 Å². The van der Waals surface area contributed by atoms with Gasteiger partial charge < -0.3 is 9.47 Å². The second-order valence-electron chi connectivity index (χ2n) is 5.24. The van der Waals surface area contributed by atoms with E-state index in [9.17, 15) is 0 Å². The molecule has 0 spiro atoms. The summed E-state index contributed by atoms with van der Waals surface area (Å²) in [5.41, 5.74) is 0. The van der Waals surface area contributed by atoms with Crippen molar-refractivity contribution in [2.45, 2.75) is 20.3 Å². The first-order valence-corrected chi connectivity index (χ1v) is 7.25. The van der Waals surface area contributed by atoms with Crippen LogP contribution in [0, 0.1) is 11.3 Å². The molecule has 0 saturated heterocycles. The van der Waals surface area contributed by atoms with Crippen molar-refractivity contribution in [2.75, 3.05) is 0 Å². The largest absolute Gasteiger partial charge is 0.443 e. The van der Waals surface area contributed by atoms with E-state index in [1.807, 2.05) is 48.5 Å². The third-order valence-electron chi connectivity index (χ3n) is 2.75. The summed E-state index contributed by atoms with van der Waals surface area (Å²) in [6.45, 7) is 4.15. The monoisotopic (exact) mass is 296 g/mol. The number of hydrogen-bond donors (Lipinski definition) is 1. The normalized spacial score (nSPS) is 11.3. The molecule has 0 aliphatic carbocycles. The van der Waals surface area contributed by atoms with Gasteiger partial charge in [0.1, 0.15) is 11.5 Å². The third-order valence-corrected chi connectivity index (χ3v) is 2.75. The summed E-state index contributed by atoms with van der Waals surface area (Å²) in [4.78, 5) is 4.16. The van der Waals surface area contributed by atoms with E-state index >= 15 is 0 Å². The van der Waals surface area contributed by atoms with Crippen LogP contribution in [0.3, 0.4) is 0 Å². The summed E-state index contributed by atoms with van der Waals surface area (Å²) in [5.74, 6) is 2.13. The molecule has 2 rings (SSSR count). The fraction of sp³-hybridized carbons (Fsp3) is 0.222. The zero-order valence-electron chi connectivity index (χ0n) is 12.8. The maximum Gasteiger partial charge on any atom is 0.317 e. The molecular weight excluding hydrogens is 276 g/mol. The standard InChI is InChI=1S/C18H20N2O2/c1-14(2)13-17(21-15-9-5-3-6-10-15)20-18(19)22-16-11-7-4-8-12-16/h3-12,14,19H,13H2,1-2H3. The first-order chi connectivity index (χ1) is 10.6. The topological polar surface area (TPSA) is 54.7 Å². The van der Waals surface area contributed by atoms with Gasteiger partial charge in [-0.25, -0.2) is 5.41 Å². The SMILES string of the molecule is CC(C)CC(=NC(=N)Oc1ccccc1)Oc1ccccc1. The molecule has 0 heterocycles. The lowest BCUT2D eigenvalue weighted by Crippen LogP contribution is -2.16. The van der Waals surface area contributed by atoms with Crippen LogP contribution in [0.25, 0.3) is 0 Å². The first kappa shape index (κ1) is 15.8. The molecule has 2 aromatic carbocycles. The second-order valence-corrected chi connectivity index (χ2v) is 5.24. The Kier molecular flexibility index (Phi) is 5.72. The molecular formula is C18H20N2O2. The zero-order valence-corrected chi connectivity index (χ0v) is 12.8. The Labute approximate surface area is 130 Å². The highest BCUT2D eigenvalue weighted by Crippen LogP contribution is 2.13. The average Bonchev–Trinajstić information content (AvgIpc) is 2.48. The third kappa shape index (κ3) is 5.40. The summed E-state index contributed by atoms with van der Waals surface area (Å²) in [6, 6.07) is 18.4. The summed E-state index contributed by atoms with van der Waals surface area (Å²) < 4.78 is 11.1. The van der Waals surface area contributed by atoms with Crippen molar-refractivity contribution in [3.05, 3.63) is 60.7 Å². The molecule has 2 aromatic rings. The quantitative estimate of drug-likeness (QED) is 0.666. The molecule has 1 N–H and O–H groups in total. The number of para-hydroxylation sites is 2. The number of benzene rings is 2. The Bertz CT molecular complexity index is 622. The van der Waals surface area contributed by atoms with Gasteiger partial charge in [0.2, 0.25) is 0 Å². The van der Waals surface area contributed by atoms with E-state index in [0.29, 0.717) is 29.7 Å². The second kappa shape index (κ2) is 7.98.